The number of hydrogen-bond acceptors (Lipinski definition) is 3. The molecule has 0 unspecified atom stereocenters. The number of likely N-dealkylation sites (tertiary alicyclic amines) is 1. The van der Waals surface area contributed by atoms with Crippen LogP contribution in [0.25, 0.3) is 0 Å². The quantitative estimate of drug-likeness (QED) is 0.872. The van der Waals surface area contributed by atoms with Crippen LogP contribution in [-0.4, -0.2) is 41.6 Å². The summed E-state index contributed by atoms with van der Waals surface area (Å²) in [6.07, 6.45) is 0.126. The van der Waals surface area contributed by atoms with E-state index in [1.807, 2.05) is 24.3 Å². The standard InChI is InChI=1S/C16H21NO4/c1-11(2)13-4-3-5-14(7-13)21-10-15(18)17-8-12(9-17)6-16(19)20/h3-5,7,11-12H,6,8-10H2,1-2H3,(H,19,20). The van der Waals surface area contributed by atoms with Crippen molar-refractivity contribution < 1.29 is 19.4 Å². The number of carboxylic acid groups (broad SMARTS) is 1. The number of ether oxygens (including phenoxy) is 1. The molecule has 0 saturated carbocycles. The van der Waals surface area contributed by atoms with Crippen LogP contribution in [0.4, 0.5) is 0 Å². The Labute approximate surface area is 124 Å². The van der Waals surface area contributed by atoms with Crippen molar-refractivity contribution in [2.45, 2.75) is 26.2 Å². The summed E-state index contributed by atoms with van der Waals surface area (Å²) in [5.74, 6) is 0.282. The number of hydrogen-bond donors (Lipinski definition) is 1. The summed E-state index contributed by atoms with van der Waals surface area (Å²) >= 11 is 0. The predicted octanol–water partition coefficient (Wildman–Crippen LogP) is 2.12. The molecule has 2 rings (SSSR count). The van der Waals surface area contributed by atoms with Crippen molar-refractivity contribution in [1.82, 2.24) is 4.90 Å². The van der Waals surface area contributed by atoms with E-state index >= 15 is 0 Å². The fourth-order valence-corrected chi connectivity index (χ4v) is 2.35. The second-order valence-corrected chi connectivity index (χ2v) is 5.78. The number of carboxylic acids is 1. The molecular weight excluding hydrogens is 270 g/mol. The zero-order valence-electron chi connectivity index (χ0n) is 12.4. The van der Waals surface area contributed by atoms with Gasteiger partial charge in [-0.3, -0.25) is 9.59 Å². The molecule has 1 heterocycles. The van der Waals surface area contributed by atoms with Crippen molar-refractivity contribution in [3.63, 3.8) is 0 Å². The highest BCUT2D eigenvalue weighted by molar-refractivity contribution is 5.79. The number of aliphatic carboxylic acids is 1. The van der Waals surface area contributed by atoms with Crippen LogP contribution < -0.4 is 4.74 Å². The molecule has 0 spiro atoms. The van der Waals surface area contributed by atoms with Gasteiger partial charge in [-0.2, -0.15) is 0 Å². The molecular formula is C16H21NO4. The summed E-state index contributed by atoms with van der Waals surface area (Å²) in [6, 6.07) is 7.73. The van der Waals surface area contributed by atoms with Crippen LogP contribution >= 0.6 is 0 Å². The molecule has 114 valence electrons. The van der Waals surface area contributed by atoms with Crippen LogP contribution in [0.5, 0.6) is 5.75 Å². The summed E-state index contributed by atoms with van der Waals surface area (Å²) in [5.41, 5.74) is 1.17. The van der Waals surface area contributed by atoms with Crippen LogP contribution in [0.15, 0.2) is 24.3 Å². The highest BCUT2D eigenvalue weighted by Gasteiger charge is 2.32. The van der Waals surface area contributed by atoms with Gasteiger partial charge in [-0.15, -0.1) is 0 Å². The third-order valence-electron chi connectivity index (χ3n) is 3.66. The lowest BCUT2D eigenvalue weighted by Gasteiger charge is -2.38. The maximum absolute atomic E-state index is 11.9. The number of rotatable bonds is 6. The van der Waals surface area contributed by atoms with Gasteiger partial charge in [0.15, 0.2) is 6.61 Å². The van der Waals surface area contributed by atoms with Crippen LogP contribution in [-0.2, 0) is 9.59 Å². The van der Waals surface area contributed by atoms with Gasteiger partial charge in [0.1, 0.15) is 5.75 Å². The van der Waals surface area contributed by atoms with Gasteiger partial charge in [-0.1, -0.05) is 26.0 Å². The van der Waals surface area contributed by atoms with Gasteiger partial charge in [-0.05, 0) is 23.6 Å². The van der Waals surface area contributed by atoms with Crippen LogP contribution in [0, 0.1) is 5.92 Å². The van der Waals surface area contributed by atoms with E-state index < -0.39 is 5.97 Å². The minimum atomic E-state index is -0.811. The summed E-state index contributed by atoms with van der Waals surface area (Å²) in [7, 11) is 0. The molecule has 0 aromatic heterocycles. The Morgan fingerprint density at radius 1 is 1.38 bits per heavy atom. The van der Waals surface area contributed by atoms with Gasteiger partial charge >= 0.3 is 5.97 Å². The van der Waals surface area contributed by atoms with E-state index in [0.717, 1.165) is 0 Å². The Bertz CT molecular complexity index is 521. The van der Waals surface area contributed by atoms with Gasteiger partial charge in [0.2, 0.25) is 0 Å². The Morgan fingerprint density at radius 2 is 2.10 bits per heavy atom. The largest absolute Gasteiger partial charge is 0.484 e. The van der Waals surface area contributed by atoms with E-state index in [1.54, 1.807) is 4.90 Å². The maximum Gasteiger partial charge on any atom is 0.303 e. The van der Waals surface area contributed by atoms with Gasteiger partial charge < -0.3 is 14.7 Å². The van der Waals surface area contributed by atoms with E-state index in [2.05, 4.69) is 13.8 Å². The maximum atomic E-state index is 11.9. The average molecular weight is 291 g/mol. The molecule has 1 amide bonds. The van der Waals surface area contributed by atoms with E-state index in [0.29, 0.717) is 24.8 Å². The third-order valence-corrected chi connectivity index (χ3v) is 3.66. The monoisotopic (exact) mass is 291 g/mol. The van der Waals surface area contributed by atoms with Crippen molar-refractivity contribution >= 4 is 11.9 Å². The summed E-state index contributed by atoms with van der Waals surface area (Å²) < 4.78 is 5.52. The SMILES string of the molecule is CC(C)c1cccc(OCC(=O)N2CC(CC(=O)O)C2)c1. The lowest BCUT2D eigenvalue weighted by atomic mass is 9.96. The van der Waals surface area contributed by atoms with E-state index in [-0.39, 0.29) is 24.9 Å². The lowest BCUT2D eigenvalue weighted by molar-refractivity contribution is -0.146. The lowest BCUT2D eigenvalue weighted by Crippen LogP contribution is -2.52. The van der Waals surface area contributed by atoms with Gasteiger partial charge in [0.25, 0.3) is 5.91 Å². The summed E-state index contributed by atoms with van der Waals surface area (Å²) in [5, 5.41) is 8.67. The molecule has 1 fully saturated rings. The molecule has 0 radical (unpaired) electrons. The highest BCUT2D eigenvalue weighted by atomic mass is 16.5. The summed E-state index contributed by atoms with van der Waals surface area (Å²) in [6.45, 7) is 5.24. The van der Waals surface area contributed by atoms with E-state index in [1.165, 1.54) is 5.56 Å². The normalized spacial score (nSPS) is 14.9. The Kier molecular flexibility index (Phi) is 4.83. The first kappa shape index (κ1) is 15.4. The van der Waals surface area contributed by atoms with Crippen LogP contribution in [0.1, 0.15) is 31.7 Å². The molecule has 1 N–H and O–H groups in total. The summed E-state index contributed by atoms with van der Waals surface area (Å²) in [4.78, 5) is 24.1. The molecule has 1 aromatic rings. The number of carbonyl (C=O) groups excluding carboxylic acids is 1. The Morgan fingerprint density at radius 3 is 2.71 bits per heavy atom. The molecule has 0 bridgehead atoms. The molecule has 1 aliphatic heterocycles. The highest BCUT2D eigenvalue weighted by Crippen LogP contribution is 2.21. The molecule has 0 atom stereocenters. The van der Waals surface area contributed by atoms with E-state index in [4.69, 9.17) is 9.84 Å². The zero-order chi connectivity index (χ0) is 15.4. The molecule has 5 heteroatoms. The van der Waals surface area contributed by atoms with Crippen molar-refractivity contribution in [3.05, 3.63) is 29.8 Å². The third kappa shape index (κ3) is 4.21. The van der Waals surface area contributed by atoms with Gasteiger partial charge in [0.05, 0.1) is 6.42 Å². The zero-order valence-corrected chi connectivity index (χ0v) is 12.4. The Balaban J connectivity index is 1.77. The minimum absolute atomic E-state index is 0.00133. The van der Waals surface area contributed by atoms with Crippen LogP contribution in [0.3, 0.4) is 0 Å². The average Bonchev–Trinajstić information content (AvgIpc) is 2.39. The smallest absolute Gasteiger partial charge is 0.303 e. The van der Waals surface area contributed by atoms with E-state index in [9.17, 15) is 9.59 Å². The fraction of sp³-hybridized carbons (Fsp3) is 0.500. The van der Waals surface area contributed by atoms with Crippen LogP contribution in [0.2, 0.25) is 0 Å². The molecule has 21 heavy (non-hydrogen) atoms. The molecule has 1 saturated heterocycles. The second-order valence-electron chi connectivity index (χ2n) is 5.78. The van der Waals surface area contributed by atoms with Gasteiger partial charge in [0, 0.05) is 19.0 Å². The number of nitrogens with zero attached hydrogens (tertiary/aromatic N) is 1. The molecule has 5 nitrogen and oxygen atoms in total. The van der Waals surface area contributed by atoms with Crippen molar-refractivity contribution in [1.29, 1.82) is 0 Å². The number of amides is 1. The minimum Gasteiger partial charge on any atom is -0.484 e. The molecule has 1 aromatic carbocycles. The predicted molar refractivity (Wildman–Crippen MR) is 78.3 cm³/mol. The van der Waals surface area contributed by atoms with Crippen molar-refractivity contribution in [3.8, 4) is 5.75 Å². The molecule has 0 aliphatic carbocycles. The number of carbonyl (C=O) groups is 2. The van der Waals surface area contributed by atoms with Gasteiger partial charge in [-0.25, -0.2) is 0 Å². The topological polar surface area (TPSA) is 66.8 Å². The first-order valence-corrected chi connectivity index (χ1v) is 7.18. The first-order valence-electron chi connectivity index (χ1n) is 7.18. The fourth-order valence-electron chi connectivity index (χ4n) is 2.35. The van der Waals surface area contributed by atoms with Crippen molar-refractivity contribution in [2.24, 2.45) is 5.92 Å². The second kappa shape index (κ2) is 6.61. The molecule has 1 aliphatic rings. The Hall–Kier alpha value is -2.04. The van der Waals surface area contributed by atoms with Crippen molar-refractivity contribution in [2.75, 3.05) is 19.7 Å². The number of benzene rings is 1. The first-order chi connectivity index (χ1) is 9.95.